The fraction of sp³-hybridized carbons (Fsp3) is 0.389. The second-order valence-corrected chi connectivity index (χ2v) is 8.94. The summed E-state index contributed by atoms with van der Waals surface area (Å²) in [4.78, 5) is 24.2. The van der Waals surface area contributed by atoms with Crippen molar-refractivity contribution in [3.05, 3.63) is 29.3 Å². The van der Waals surface area contributed by atoms with E-state index in [0.29, 0.717) is 16.2 Å². The van der Waals surface area contributed by atoms with Crippen LogP contribution in [0, 0.1) is 0 Å². The summed E-state index contributed by atoms with van der Waals surface area (Å²) in [6.45, 7) is 1.74. The van der Waals surface area contributed by atoms with Gasteiger partial charge in [0.1, 0.15) is 6.04 Å². The number of rotatable bonds is 5. The van der Waals surface area contributed by atoms with Crippen molar-refractivity contribution in [3.8, 4) is 11.3 Å². The number of nitrogens with zero attached hydrogens (tertiary/aromatic N) is 3. The lowest BCUT2D eigenvalue weighted by Crippen LogP contribution is -2.43. The van der Waals surface area contributed by atoms with Gasteiger partial charge in [0.05, 0.1) is 16.2 Å². The minimum absolute atomic E-state index is 0.148. The smallest absolute Gasteiger partial charge is 0.322 e. The highest BCUT2D eigenvalue weighted by atomic mass is 32.2. The van der Waals surface area contributed by atoms with E-state index in [9.17, 15) is 31.2 Å². The van der Waals surface area contributed by atoms with Crippen LogP contribution in [-0.4, -0.2) is 54.2 Å². The number of sulfonamides is 1. The van der Waals surface area contributed by atoms with Crippen LogP contribution in [0.2, 0.25) is 0 Å². The van der Waals surface area contributed by atoms with Gasteiger partial charge in [-0.15, -0.1) is 0 Å². The second kappa shape index (κ2) is 7.64. The van der Waals surface area contributed by atoms with Gasteiger partial charge in [-0.25, -0.2) is 13.1 Å². The van der Waals surface area contributed by atoms with E-state index in [0.717, 1.165) is 14.0 Å². The van der Waals surface area contributed by atoms with E-state index in [4.69, 9.17) is 0 Å². The van der Waals surface area contributed by atoms with Crippen molar-refractivity contribution in [2.24, 2.45) is 7.05 Å². The van der Waals surface area contributed by atoms with Gasteiger partial charge in [-0.2, -0.15) is 18.3 Å². The van der Waals surface area contributed by atoms with Crippen molar-refractivity contribution >= 4 is 27.7 Å². The van der Waals surface area contributed by atoms with Crippen LogP contribution in [0.1, 0.15) is 29.8 Å². The third kappa shape index (κ3) is 4.14. The van der Waals surface area contributed by atoms with Crippen LogP contribution in [0.5, 0.6) is 0 Å². The Balaban J connectivity index is 2.18. The van der Waals surface area contributed by atoms with Gasteiger partial charge in [-0.1, -0.05) is 0 Å². The Bertz CT molecular complexity index is 1170. The zero-order valence-corrected chi connectivity index (χ0v) is 17.8. The largest absolute Gasteiger partial charge is 0.408 e. The van der Waals surface area contributed by atoms with Crippen molar-refractivity contribution in [2.75, 3.05) is 12.4 Å². The highest BCUT2D eigenvalue weighted by Crippen LogP contribution is 2.37. The maximum absolute atomic E-state index is 13.2. The van der Waals surface area contributed by atoms with Crippen molar-refractivity contribution in [2.45, 2.75) is 37.5 Å². The maximum atomic E-state index is 13.2. The molecule has 31 heavy (non-hydrogen) atoms. The second-order valence-electron chi connectivity index (χ2n) is 7.09. The van der Waals surface area contributed by atoms with Gasteiger partial charge >= 0.3 is 6.18 Å². The molecule has 9 nitrogen and oxygen atoms in total. The number of hydrogen-bond donors (Lipinski definition) is 2. The first-order chi connectivity index (χ1) is 14.3. The average molecular weight is 459 g/mol. The van der Waals surface area contributed by atoms with Crippen molar-refractivity contribution in [1.82, 2.24) is 19.4 Å². The van der Waals surface area contributed by atoms with Crippen LogP contribution in [0.4, 0.5) is 19.0 Å². The molecule has 13 heteroatoms. The molecule has 2 N–H and O–H groups in total. The molecule has 0 saturated carbocycles. The number of carbonyl (C=O) groups excluding carboxylic acids is 2. The minimum Gasteiger partial charge on any atom is -0.322 e. The van der Waals surface area contributed by atoms with Crippen molar-refractivity contribution in [3.63, 3.8) is 0 Å². The van der Waals surface area contributed by atoms with E-state index in [1.165, 1.54) is 29.8 Å². The Morgan fingerprint density at radius 3 is 2.45 bits per heavy atom. The Morgan fingerprint density at radius 2 is 1.90 bits per heavy atom. The Kier molecular flexibility index (Phi) is 5.61. The molecule has 0 radical (unpaired) electrons. The van der Waals surface area contributed by atoms with Crippen LogP contribution in [0.25, 0.3) is 11.3 Å². The molecule has 1 aromatic carbocycles. The molecule has 1 aliphatic heterocycles. The molecule has 1 atom stereocenters. The number of fused-ring (bicyclic) bond motifs is 1. The summed E-state index contributed by atoms with van der Waals surface area (Å²) in [5.41, 5.74) is 0.565. The third-order valence-electron chi connectivity index (χ3n) is 4.98. The molecule has 2 aromatic rings. The van der Waals surface area contributed by atoms with E-state index in [2.05, 4.69) is 15.1 Å². The normalized spacial score (nSPS) is 15.2. The number of nitrogens with one attached hydrogen (secondary N) is 2. The SMILES string of the molecule is CNS(=O)(=O)c1cc(-c2cc(NC(C)=O)nn2C)cc2c1C(=O)N([C@@H](C)C(F)(F)F)C2. The van der Waals surface area contributed by atoms with E-state index in [-0.39, 0.29) is 22.9 Å². The maximum Gasteiger partial charge on any atom is 0.408 e. The Morgan fingerprint density at radius 1 is 1.26 bits per heavy atom. The van der Waals surface area contributed by atoms with E-state index in [1.54, 1.807) is 7.05 Å². The summed E-state index contributed by atoms with van der Waals surface area (Å²) >= 11 is 0. The van der Waals surface area contributed by atoms with Crippen LogP contribution in [0.3, 0.4) is 0 Å². The molecule has 3 rings (SSSR count). The summed E-state index contributed by atoms with van der Waals surface area (Å²) in [6.07, 6.45) is -4.67. The molecular weight excluding hydrogens is 439 g/mol. The zero-order chi connectivity index (χ0) is 23.3. The summed E-state index contributed by atoms with van der Waals surface area (Å²) in [5, 5.41) is 6.62. The van der Waals surface area contributed by atoms with Gasteiger partial charge in [0.25, 0.3) is 5.91 Å². The molecule has 2 amide bonds. The first-order valence-corrected chi connectivity index (χ1v) is 10.5. The summed E-state index contributed by atoms with van der Waals surface area (Å²) in [7, 11) is -1.47. The quantitative estimate of drug-likeness (QED) is 0.709. The predicted molar refractivity (Wildman–Crippen MR) is 105 cm³/mol. The van der Waals surface area contributed by atoms with E-state index in [1.807, 2.05) is 0 Å². The molecule has 0 unspecified atom stereocenters. The lowest BCUT2D eigenvalue weighted by atomic mass is 10.0. The van der Waals surface area contributed by atoms with Crippen LogP contribution < -0.4 is 10.0 Å². The van der Waals surface area contributed by atoms with Gasteiger partial charge in [0, 0.05) is 32.1 Å². The van der Waals surface area contributed by atoms with Gasteiger partial charge in [-0.05, 0) is 31.7 Å². The van der Waals surface area contributed by atoms with E-state index >= 15 is 0 Å². The fourth-order valence-corrected chi connectivity index (χ4v) is 4.37. The number of amides is 2. The van der Waals surface area contributed by atoms with Crippen LogP contribution >= 0.6 is 0 Å². The molecule has 168 valence electrons. The van der Waals surface area contributed by atoms with Crippen molar-refractivity contribution in [1.29, 1.82) is 0 Å². The first-order valence-electron chi connectivity index (χ1n) is 9.06. The number of benzene rings is 1. The Labute approximate surface area is 176 Å². The number of carbonyl (C=O) groups is 2. The fourth-order valence-electron chi connectivity index (χ4n) is 3.38. The van der Waals surface area contributed by atoms with Crippen molar-refractivity contribution < 1.29 is 31.2 Å². The monoisotopic (exact) mass is 459 g/mol. The highest BCUT2D eigenvalue weighted by Gasteiger charge is 2.46. The van der Waals surface area contributed by atoms with Crippen LogP contribution in [-0.2, 0) is 28.4 Å². The van der Waals surface area contributed by atoms with Gasteiger partial charge < -0.3 is 10.2 Å². The standard InChI is InChI=1S/C18H20F3N5O4S/c1-9(18(19,20)21)26-8-12-5-11(13-7-15(23-10(2)27)24-25(13)4)6-14(16(12)17(26)28)31(29,30)22-3/h5-7,9,22H,8H2,1-4H3,(H,23,24,27)/t9-/m0/s1. The third-order valence-corrected chi connectivity index (χ3v) is 6.42. The molecule has 2 heterocycles. The minimum atomic E-state index is -4.67. The highest BCUT2D eigenvalue weighted by molar-refractivity contribution is 7.89. The summed E-state index contributed by atoms with van der Waals surface area (Å²) < 4.78 is 68.4. The Hall–Kier alpha value is -2.93. The first kappa shape index (κ1) is 22.7. The predicted octanol–water partition coefficient (Wildman–Crippen LogP) is 1.86. The molecule has 0 aliphatic carbocycles. The molecule has 0 fully saturated rings. The average Bonchev–Trinajstić information content (AvgIpc) is 3.18. The molecule has 1 aliphatic rings. The summed E-state index contributed by atoms with van der Waals surface area (Å²) in [5.74, 6) is -1.16. The number of hydrogen-bond acceptors (Lipinski definition) is 5. The molecule has 0 bridgehead atoms. The zero-order valence-electron chi connectivity index (χ0n) is 17.0. The van der Waals surface area contributed by atoms with E-state index < -0.39 is 39.6 Å². The lowest BCUT2D eigenvalue weighted by molar-refractivity contribution is -0.172. The number of alkyl halides is 3. The number of aryl methyl sites for hydroxylation is 1. The molecule has 0 saturated heterocycles. The number of anilines is 1. The molecule has 1 aromatic heterocycles. The van der Waals surface area contributed by atoms with Crippen LogP contribution in [0.15, 0.2) is 23.1 Å². The number of halogens is 3. The number of aromatic nitrogens is 2. The van der Waals surface area contributed by atoms with Gasteiger partial charge in [-0.3, -0.25) is 14.3 Å². The summed E-state index contributed by atoms with van der Waals surface area (Å²) in [6, 6.07) is 2.06. The lowest BCUT2D eigenvalue weighted by Gasteiger charge is -2.26. The topological polar surface area (TPSA) is 113 Å². The van der Waals surface area contributed by atoms with Gasteiger partial charge in [0.2, 0.25) is 15.9 Å². The molecule has 0 spiro atoms. The molecular formula is C18H20F3N5O4S. The van der Waals surface area contributed by atoms with Gasteiger partial charge in [0.15, 0.2) is 5.82 Å².